The van der Waals surface area contributed by atoms with Gasteiger partial charge in [0.25, 0.3) is 5.91 Å². The SMILES string of the molecule is C[C@H](N)c1oc(-c2ccc(OC(F)F)c(OCC3CC3)c2)nc1C(=O)NC(CNC(=O)NCC1CC1)c1ccc(F)cc1F.Cl. The van der Waals surface area contributed by atoms with Crippen molar-refractivity contribution >= 4 is 24.3 Å². The van der Waals surface area contributed by atoms with E-state index in [1.54, 1.807) is 6.92 Å². The Labute approximate surface area is 262 Å². The van der Waals surface area contributed by atoms with Crippen molar-refractivity contribution in [3.05, 3.63) is 65.1 Å². The molecule has 5 rings (SSSR count). The van der Waals surface area contributed by atoms with Crippen LogP contribution in [0.15, 0.2) is 40.8 Å². The third-order valence-corrected chi connectivity index (χ3v) is 7.22. The summed E-state index contributed by atoms with van der Waals surface area (Å²) < 4.78 is 70.5. The Hall–Kier alpha value is -4.04. The second-order valence-corrected chi connectivity index (χ2v) is 11.0. The lowest BCUT2D eigenvalue weighted by atomic mass is 10.1. The minimum absolute atomic E-state index is 0. The van der Waals surface area contributed by atoms with Crippen LogP contribution in [-0.4, -0.2) is 43.2 Å². The number of alkyl halides is 2. The van der Waals surface area contributed by atoms with E-state index >= 15 is 0 Å². The first-order chi connectivity index (χ1) is 21.1. The fraction of sp³-hybridized carbons (Fsp3) is 0.433. The van der Waals surface area contributed by atoms with Crippen molar-refractivity contribution in [3.8, 4) is 23.0 Å². The van der Waals surface area contributed by atoms with Crippen LogP contribution in [0.25, 0.3) is 11.5 Å². The van der Waals surface area contributed by atoms with Crippen LogP contribution in [0, 0.1) is 23.5 Å². The number of hydrogen-bond donors (Lipinski definition) is 4. The maximum Gasteiger partial charge on any atom is 0.387 e. The maximum atomic E-state index is 14.8. The molecule has 2 atom stereocenters. The smallest absolute Gasteiger partial charge is 0.387 e. The monoisotopic (exact) mass is 655 g/mol. The molecule has 0 spiro atoms. The van der Waals surface area contributed by atoms with Gasteiger partial charge in [-0.15, -0.1) is 12.4 Å². The van der Waals surface area contributed by atoms with Gasteiger partial charge in [-0.2, -0.15) is 8.78 Å². The molecule has 10 nitrogen and oxygen atoms in total. The number of benzene rings is 2. The molecule has 2 aromatic carbocycles. The second-order valence-electron chi connectivity index (χ2n) is 11.0. The van der Waals surface area contributed by atoms with E-state index in [-0.39, 0.29) is 53.4 Å². The fourth-order valence-corrected chi connectivity index (χ4v) is 4.43. The van der Waals surface area contributed by atoms with Crippen LogP contribution in [0.5, 0.6) is 11.5 Å². The molecule has 5 N–H and O–H groups in total. The summed E-state index contributed by atoms with van der Waals surface area (Å²) in [6.45, 7) is -0.912. The lowest BCUT2D eigenvalue weighted by Crippen LogP contribution is -2.43. The number of amides is 3. The van der Waals surface area contributed by atoms with Gasteiger partial charge in [-0.1, -0.05) is 6.07 Å². The van der Waals surface area contributed by atoms with Gasteiger partial charge in [0.15, 0.2) is 23.0 Å². The van der Waals surface area contributed by atoms with Gasteiger partial charge in [-0.3, -0.25) is 4.79 Å². The standard InChI is InChI=1S/C30H33F4N5O5.ClH/c1-15(35)26-25(39-28(44-26)18-6-9-23(43-29(33)34)24(10-18)42-14-17-4-5-17)27(40)38-22(20-8-7-19(31)11-21(20)32)13-37-30(41)36-12-16-2-3-16;/h6-11,15-17,22,29H,2-5,12-14,35H2,1H3,(H,38,40)(H2,36,37,41);1H/t15-,22?;/m0./s1. The molecule has 45 heavy (non-hydrogen) atoms. The molecule has 2 aliphatic rings. The van der Waals surface area contributed by atoms with E-state index in [0.29, 0.717) is 36.6 Å². The number of carbonyl (C=O) groups excluding carboxylic acids is 2. The molecule has 1 heterocycles. The summed E-state index contributed by atoms with van der Waals surface area (Å²) in [5.74, 6) is -1.94. The number of halogens is 5. The Morgan fingerprint density at radius 1 is 1.04 bits per heavy atom. The van der Waals surface area contributed by atoms with E-state index in [0.717, 1.165) is 31.7 Å². The molecule has 0 bridgehead atoms. The Morgan fingerprint density at radius 2 is 1.78 bits per heavy atom. The van der Waals surface area contributed by atoms with Crippen molar-refractivity contribution in [3.63, 3.8) is 0 Å². The van der Waals surface area contributed by atoms with Crippen molar-refractivity contribution in [2.75, 3.05) is 19.7 Å². The molecule has 0 radical (unpaired) electrons. The van der Waals surface area contributed by atoms with Gasteiger partial charge in [0.2, 0.25) is 5.89 Å². The zero-order valence-electron chi connectivity index (χ0n) is 24.3. The average molecular weight is 656 g/mol. The molecule has 0 aliphatic heterocycles. The van der Waals surface area contributed by atoms with Crippen molar-refractivity contribution < 1.29 is 41.0 Å². The minimum atomic E-state index is -3.07. The zero-order valence-corrected chi connectivity index (χ0v) is 25.1. The van der Waals surface area contributed by atoms with Crippen LogP contribution < -0.4 is 31.2 Å². The van der Waals surface area contributed by atoms with Crippen LogP contribution in [0.2, 0.25) is 0 Å². The number of nitrogens with one attached hydrogen (secondary N) is 3. The number of nitrogens with two attached hydrogens (primary N) is 1. The third-order valence-electron chi connectivity index (χ3n) is 7.22. The van der Waals surface area contributed by atoms with E-state index in [1.165, 1.54) is 24.3 Å². The van der Waals surface area contributed by atoms with E-state index < -0.39 is 42.3 Å². The Morgan fingerprint density at radius 3 is 2.42 bits per heavy atom. The topological polar surface area (TPSA) is 141 Å². The molecular weight excluding hydrogens is 622 g/mol. The Kier molecular flexibility index (Phi) is 11.2. The summed E-state index contributed by atoms with van der Waals surface area (Å²) in [6, 6.07) is 4.57. The van der Waals surface area contributed by atoms with E-state index in [2.05, 4.69) is 25.7 Å². The van der Waals surface area contributed by atoms with Gasteiger partial charge in [0.05, 0.1) is 18.7 Å². The molecule has 3 amide bonds. The molecular formula is C30H34ClF4N5O5. The van der Waals surface area contributed by atoms with Gasteiger partial charge in [-0.25, -0.2) is 18.6 Å². The van der Waals surface area contributed by atoms with Crippen LogP contribution in [-0.2, 0) is 0 Å². The average Bonchev–Trinajstić information content (AvgIpc) is 3.91. The van der Waals surface area contributed by atoms with E-state index in [9.17, 15) is 27.2 Å². The number of aromatic nitrogens is 1. The molecule has 15 heteroatoms. The summed E-state index contributed by atoms with van der Waals surface area (Å²) in [5.41, 5.74) is 6.09. The first-order valence-electron chi connectivity index (χ1n) is 14.3. The number of urea groups is 1. The third kappa shape index (κ3) is 9.24. The molecule has 244 valence electrons. The van der Waals surface area contributed by atoms with Gasteiger partial charge >= 0.3 is 12.6 Å². The number of hydrogen-bond acceptors (Lipinski definition) is 7. The zero-order chi connectivity index (χ0) is 31.4. The predicted octanol–water partition coefficient (Wildman–Crippen LogP) is 5.63. The van der Waals surface area contributed by atoms with Crippen LogP contribution >= 0.6 is 12.4 Å². The highest BCUT2D eigenvalue weighted by molar-refractivity contribution is 5.94. The van der Waals surface area contributed by atoms with Crippen molar-refractivity contribution in [2.24, 2.45) is 17.6 Å². The summed E-state index contributed by atoms with van der Waals surface area (Å²) in [7, 11) is 0. The lowest BCUT2D eigenvalue weighted by molar-refractivity contribution is -0.0515. The van der Waals surface area contributed by atoms with Crippen LogP contribution in [0.3, 0.4) is 0 Å². The first kappa shape index (κ1) is 33.8. The van der Waals surface area contributed by atoms with Gasteiger partial charge in [-0.05, 0) is 68.7 Å². The van der Waals surface area contributed by atoms with E-state index in [4.69, 9.17) is 14.9 Å². The second kappa shape index (κ2) is 14.8. The molecule has 1 aromatic heterocycles. The van der Waals surface area contributed by atoms with Gasteiger partial charge in [0, 0.05) is 30.3 Å². The summed E-state index contributed by atoms with van der Waals surface area (Å²) in [5, 5.41) is 7.96. The molecule has 2 saturated carbocycles. The highest BCUT2D eigenvalue weighted by Gasteiger charge is 2.29. The normalized spacial score (nSPS) is 15.5. The molecule has 2 fully saturated rings. The lowest BCUT2D eigenvalue weighted by Gasteiger charge is -2.20. The highest BCUT2D eigenvalue weighted by atomic mass is 35.5. The number of nitrogens with zero attached hydrogens (tertiary/aromatic N) is 1. The maximum absolute atomic E-state index is 14.8. The number of carbonyl (C=O) groups is 2. The summed E-state index contributed by atoms with van der Waals surface area (Å²) >= 11 is 0. The van der Waals surface area contributed by atoms with Gasteiger partial charge < -0.3 is 35.6 Å². The quantitative estimate of drug-likeness (QED) is 0.165. The first-order valence-corrected chi connectivity index (χ1v) is 14.3. The predicted molar refractivity (Wildman–Crippen MR) is 157 cm³/mol. The highest BCUT2D eigenvalue weighted by Crippen LogP contribution is 2.37. The minimum Gasteiger partial charge on any atom is -0.489 e. The Balaban J connectivity index is 0.00000461. The van der Waals surface area contributed by atoms with Crippen molar-refractivity contribution in [2.45, 2.75) is 51.3 Å². The Bertz CT molecular complexity index is 1500. The molecule has 0 saturated heterocycles. The van der Waals surface area contributed by atoms with Crippen molar-refractivity contribution in [1.29, 1.82) is 0 Å². The number of rotatable bonds is 14. The van der Waals surface area contributed by atoms with Crippen LogP contribution in [0.1, 0.15) is 66.5 Å². The van der Waals surface area contributed by atoms with Crippen LogP contribution in [0.4, 0.5) is 22.4 Å². The number of ether oxygens (including phenoxy) is 2. The fourth-order valence-electron chi connectivity index (χ4n) is 4.43. The van der Waals surface area contributed by atoms with E-state index in [1.807, 2.05) is 0 Å². The summed E-state index contributed by atoms with van der Waals surface area (Å²) in [6.07, 6.45) is 4.02. The molecule has 2 aliphatic carbocycles. The molecule has 1 unspecified atom stereocenters. The van der Waals surface area contributed by atoms with Crippen molar-refractivity contribution in [1.82, 2.24) is 20.9 Å². The number of oxazole rings is 1. The summed E-state index contributed by atoms with van der Waals surface area (Å²) in [4.78, 5) is 30.2. The van der Waals surface area contributed by atoms with Gasteiger partial charge in [0.1, 0.15) is 11.6 Å². The largest absolute Gasteiger partial charge is 0.489 e. The molecule has 3 aromatic rings.